The molecule has 0 atom stereocenters. The maximum Gasteiger partial charge on any atom is 0.246 e. The fourth-order valence-corrected chi connectivity index (χ4v) is 2.13. The molecule has 0 fully saturated rings. The third-order valence-electron chi connectivity index (χ3n) is 3.09. The summed E-state index contributed by atoms with van der Waals surface area (Å²) < 4.78 is 1.59. The Morgan fingerprint density at radius 3 is 2.95 bits per heavy atom. The van der Waals surface area contributed by atoms with Crippen molar-refractivity contribution in [3.05, 3.63) is 48.7 Å². The molecule has 1 aromatic heterocycles. The second kappa shape index (κ2) is 5.16. The summed E-state index contributed by atoms with van der Waals surface area (Å²) >= 11 is 0. The SMILES string of the molecule is Nc1ccc2cnn(CC(=O)Nc3cccc(O)c3)c2c1. The molecular weight excluding hydrogens is 268 g/mol. The van der Waals surface area contributed by atoms with Crippen molar-refractivity contribution in [2.75, 3.05) is 11.1 Å². The number of phenolic OH excluding ortho intramolecular Hbond substituents is 1. The molecule has 0 unspecified atom stereocenters. The van der Waals surface area contributed by atoms with E-state index in [1.807, 2.05) is 6.07 Å². The first kappa shape index (κ1) is 13.0. The second-order valence-electron chi connectivity index (χ2n) is 4.72. The van der Waals surface area contributed by atoms with Crippen LogP contribution in [-0.4, -0.2) is 20.8 Å². The second-order valence-corrected chi connectivity index (χ2v) is 4.72. The molecule has 21 heavy (non-hydrogen) atoms. The molecule has 4 N–H and O–H groups in total. The fourth-order valence-electron chi connectivity index (χ4n) is 2.13. The Hall–Kier alpha value is -3.02. The third kappa shape index (κ3) is 2.79. The maximum atomic E-state index is 12.0. The number of hydrogen-bond donors (Lipinski definition) is 3. The summed E-state index contributed by atoms with van der Waals surface area (Å²) in [5.74, 6) is -0.127. The van der Waals surface area contributed by atoms with Crippen molar-refractivity contribution in [3.63, 3.8) is 0 Å². The molecule has 3 rings (SSSR count). The first-order valence-electron chi connectivity index (χ1n) is 6.42. The first-order valence-corrected chi connectivity index (χ1v) is 6.42. The number of nitrogen functional groups attached to an aromatic ring is 1. The van der Waals surface area contributed by atoms with Gasteiger partial charge < -0.3 is 16.2 Å². The Kier molecular flexibility index (Phi) is 3.19. The largest absolute Gasteiger partial charge is 0.508 e. The molecular formula is C15H14N4O2. The number of aromatic nitrogens is 2. The van der Waals surface area contributed by atoms with Gasteiger partial charge in [-0.15, -0.1) is 0 Å². The molecule has 6 nitrogen and oxygen atoms in total. The average Bonchev–Trinajstić information content (AvgIpc) is 2.81. The topological polar surface area (TPSA) is 93.2 Å². The average molecular weight is 282 g/mol. The van der Waals surface area contributed by atoms with Crippen molar-refractivity contribution in [1.29, 1.82) is 0 Å². The van der Waals surface area contributed by atoms with Crippen LogP contribution in [0.2, 0.25) is 0 Å². The standard InChI is InChI=1S/C15H14N4O2/c16-11-5-4-10-8-17-19(14(10)6-11)9-15(21)18-12-2-1-3-13(20)7-12/h1-8,20H,9,16H2,(H,18,21). The zero-order valence-electron chi connectivity index (χ0n) is 11.2. The van der Waals surface area contributed by atoms with Crippen molar-refractivity contribution in [1.82, 2.24) is 9.78 Å². The molecule has 0 aliphatic rings. The Balaban J connectivity index is 1.79. The number of benzene rings is 2. The first-order chi connectivity index (χ1) is 10.1. The smallest absolute Gasteiger partial charge is 0.246 e. The van der Waals surface area contributed by atoms with Gasteiger partial charge in [-0.1, -0.05) is 6.07 Å². The van der Waals surface area contributed by atoms with Gasteiger partial charge in [-0.2, -0.15) is 5.10 Å². The van der Waals surface area contributed by atoms with Crippen LogP contribution < -0.4 is 11.1 Å². The van der Waals surface area contributed by atoms with Crippen LogP contribution in [0.15, 0.2) is 48.7 Å². The van der Waals surface area contributed by atoms with Crippen LogP contribution in [0.3, 0.4) is 0 Å². The normalized spacial score (nSPS) is 10.7. The van der Waals surface area contributed by atoms with Crippen molar-refractivity contribution >= 4 is 28.2 Å². The van der Waals surface area contributed by atoms with Gasteiger partial charge in [0, 0.05) is 22.8 Å². The number of phenols is 1. The molecule has 106 valence electrons. The summed E-state index contributed by atoms with van der Waals surface area (Å²) in [6.07, 6.45) is 1.69. The van der Waals surface area contributed by atoms with Gasteiger partial charge in [-0.25, -0.2) is 0 Å². The lowest BCUT2D eigenvalue weighted by Gasteiger charge is -2.07. The van der Waals surface area contributed by atoms with Crippen molar-refractivity contribution in [3.8, 4) is 5.75 Å². The fraction of sp³-hybridized carbons (Fsp3) is 0.0667. The molecule has 0 aliphatic heterocycles. The summed E-state index contributed by atoms with van der Waals surface area (Å²) in [6.45, 7) is 0.0720. The third-order valence-corrected chi connectivity index (χ3v) is 3.09. The van der Waals surface area contributed by atoms with E-state index in [2.05, 4.69) is 10.4 Å². The summed E-state index contributed by atoms with van der Waals surface area (Å²) in [4.78, 5) is 12.0. The molecule has 0 saturated heterocycles. The molecule has 0 saturated carbocycles. The van der Waals surface area contributed by atoms with Crippen LogP contribution in [0.25, 0.3) is 10.9 Å². The Labute approximate surface area is 120 Å². The molecule has 1 amide bonds. The van der Waals surface area contributed by atoms with E-state index < -0.39 is 0 Å². The highest BCUT2D eigenvalue weighted by molar-refractivity contribution is 5.92. The van der Waals surface area contributed by atoms with Crippen LogP contribution in [0, 0.1) is 0 Å². The number of carbonyl (C=O) groups is 1. The number of fused-ring (bicyclic) bond motifs is 1. The van der Waals surface area contributed by atoms with Gasteiger partial charge in [0.1, 0.15) is 12.3 Å². The molecule has 3 aromatic rings. The number of nitrogens with two attached hydrogens (primary N) is 1. The zero-order chi connectivity index (χ0) is 14.8. The molecule has 0 spiro atoms. The van der Waals surface area contributed by atoms with Gasteiger partial charge >= 0.3 is 0 Å². The highest BCUT2D eigenvalue weighted by atomic mass is 16.3. The van der Waals surface area contributed by atoms with E-state index in [0.717, 1.165) is 10.9 Å². The number of hydrogen-bond acceptors (Lipinski definition) is 4. The van der Waals surface area contributed by atoms with E-state index in [0.29, 0.717) is 11.4 Å². The summed E-state index contributed by atoms with van der Waals surface area (Å²) in [6, 6.07) is 11.8. The summed E-state index contributed by atoms with van der Waals surface area (Å²) in [5.41, 5.74) is 7.72. The monoisotopic (exact) mass is 282 g/mol. The minimum atomic E-state index is -0.229. The predicted molar refractivity (Wildman–Crippen MR) is 80.9 cm³/mol. The number of amides is 1. The van der Waals surface area contributed by atoms with Crippen molar-refractivity contribution < 1.29 is 9.90 Å². The van der Waals surface area contributed by atoms with Gasteiger partial charge in [0.2, 0.25) is 5.91 Å². The zero-order valence-corrected chi connectivity index (χ0v) is 11.2. The van der Waals surface area contributed by atoms with E-state index in [1.165, 1.54) is 6.07 Å². The van der Waals surface area contributed by atoms with E-state index >= 15 is 0 Å². The van der Waals surface area contributed by atoms with Crippen LogP contribution in [-0.2, 0) is 11.3 Å². The lowest BCUT2D eigenvalue weighted by molar-refractivity contribution is -0.116. The number of nitrogens with one attached hydrogen (secondary N) is 1. The molecule has 2 aromatic carbocycles. The van der Waals surface area contributed by atoms with Gasteiger partial charge in [0.15, 0.2) is 0 Å². The minimum absolute atomic E-state index is 0.0720. The maximum absolute atomic E-state index is 12.0. The Bertz CT molecular complexity index is 810. The van der Waals surface area contributed by atoms with Crippen LogP contribution in [0.5, 0.6) is 5.75 Å². The quantitative estimate of drug-likeness (QED) is 0.640. The molecule has 0 aliphatic carbocycles. The number of nitrogens with zero attached hydrogens (tertiary/aromatic N) is 2. The number of carbonyl (C=O) groups excluding carboxylic acids is 1. The highest BCUT2D eigenvalue weighted by Gasteiger charge is 2.08. The van der Waals surface area contributed by atoms with Gasteiger partial charge in [-0.05, 0) is 30.3 Å². The molecule has 0 bridgehead atoms. The Morgan fingerprint density at radius 1 is 1.29 bits per heavy atom. The van der Waals surface area contributed by atoms with Gasteiger partial charge in [0.25, 0.3) is 0 Å². The van der Waals surface area contributed by atoms with E-state index in [-0.39, 0.29) is 18.2 Å². The lowest BCUT2D eigenvalue weighted by Crippen LogP contribution is -2.19. The van der Waals surface area contributed by atoms with Gasteiger partial charge in [-0.3, -0.25) is 9.48 Å². The van der Waals surface area contributed by atoms with Crippen LogP contribution in [0.4, 0.5) is 11.4 Å². The summed E-state index contributed by atoms with van der Waals surface area (Å²) in [7, 11) is 0. The predicted octanol–water partition coefficient (Wildman–Crippen LogP) is 1.96. The molecule has 6 heteroatoms. The number of rotatable bonds is 3. The van der Waals surface area contributed by atoms with E-state index in [1.54, 1.807) is 41.2 Å². The minimum Gasteiger partial charge on any atom is -0.508 e. The number of anilines is 2. The van der Waals surface area contributed by atoms with Gasteiger partial charge in [0.05, 0.1) is 11.7 Å². The summed E-state index contributed by atoms with van der Waals surface area (Å²) in [5, 5.41) is 17.2. The van der Waals surface area contributed by atoms with E-state index in [9.17, 15) is 9.90 Å². The molecule has 0 radical (unpaired) electrons. The van der Waals surface area contributed by atoms with Crippen molar-refractivity contribution in [2.45, 2.75) is 6.54 Å². The van der Waals surface area contributed by atoms with Crippen LogP contribution in [0.1, 0.15) is 0 Å². The van der Waals surface area contributed by atoms with Crippen molar-refractivity contribution in [2.24, 2.45) is 0 Å². The highest BCUT2D eigenvalue weighted by Crippen LogP contribution is 2.18. The number of aromatic hydroxyl groups is 1. The lowest BCUT2D eigenvalue weighted by atomic mass is 10.2. The Morgan fingerprint density at radius 2 is 2.14 bits per heavy atom. The van der Waals surface area contributed by atoms with E-state index in [4.69, 9.17) is 5.73 Å². The van der Waals surface area contributed by atoms with Crippen LogP contribution >= 0.6 is 0 Å². The molecule has 1 heterocycles.